The molecule has 76 valence electrons. The number of hydrogen-bond acceptors (Lipinski definition) is 2. The number of rotatable bonds is 1. The van der Waals surface area contributed by atoms with E-state index >= 15 is 0 Å². The summed E-state index contributed by atoms with van der Waals surface area (Å²) in [5.74, 6) is 1.03. The van der Waals surface area contributed by atoms with Gasteiger partial charge < -0.3 is 4.74 Å². The Morgan fingerprint density at radius 1 is 1.20 bits per heavy atom. The molecule has 0 amide bonds. The Kier molecular flexibility index (Phi) is 2.03. The maximum absolute atomic E-state index is 5.41. The molecule has 0 N–H and O–H groups in total. The third-order valence-electron chi connectivity index (χ3n) is 2.99. The van der Waals surface area contributed by atoms with Gasteiger partial charge in [-0.25, -0.2) is 0 Å². The number of benzene rings is 1. The number of aryl methyl sites for hydroxylation is 1. The first kappa shape index (κ1) is 8.98. The summed E-state index contributed by atoms with van der Waals surface area (Å²) in [6.07, 6.45) is 2.25. The molecule has 0 spiro atoms. The fourth-order valence-corrected chi connectivity index (χ4v) is 3.26. The molecule has 1 aromatic heterocycles. The van der Waals surface area contributed by atoms with E-state index in [1.807, 2.05) is 11.3 Å². The molecule has 2 aromatic rings. The highest BCUT2D eigenvalue weighted by Crippen LogP contribution is 2.40. The Morgan fingerprint density at radius 2 is 2.13 bits per heavy atom. The van der Waals surface area contributed by atoms with Crippen LogP contribution in [0.15, 0.2) is 29.6 Å². The van der Waals surface area contributed by atoms with Crippen molar-refractivity contribution in [3.63, 3.8) is 0 Å². The van der Waals surface area contributed by atoms with Crippen LogP contribution in [-0.4, -0.2) is 7.11 Å². The maximum atomic E-state index is 5.41. The van der Waals surface area contributed by atoms with E-state index in [1.165, 1.54) is 21.6 Å². The zero-order chi connectivity index (χ0) is 10.3. The van der Waals surface area contributed by atoms with Crippen molar-refractivity contribution in [1.82, 2.24) is 0 Å². The van der Waals surface area contributed by atoms with Gasteiger partial charge in [0.2, 0.25) is 0 Å². The molecule has 1 aliphatic rings. The van der Waals surface area contributed by atoms with Gasteiger partial charge in [-0.3, -0.25) is 0 Å². The number of thiophene rings is 1. The van der Waals surface area contributed by atoms with Gasteiger partial charge in [0.15, 0.2) is 0 Å². The van der Waals surface area contributed by atoms with Crippen LogP contribution in [-0.2, 0) is 12.8 Å². The molecule has 0 saturated carbocycles. The minimum atomic E-state index is 1.03. The number of ether oxygens (including phenoxy) is 1. The predicted octanol–water partition coefficient (Wildman–Crippen LogP) is 3.52. The average molecular weight is 216 g/mol. The summed E-state index contributed by atoms with van der Waals surface area (Å²) >= 11 is 1.83. The smallest absolute Gasteiger partial charge is 0.122 e. The summed E-state index contributed by atoms with van der Waals surface area (Å²) in [5.41, 5.74) is 4.22. The molecule has 1 aromatic carbocycles. The lowest BCUT2D eigenvalue weighted by Crippen LogP contribution is -2.03. The molecular formula is C13H12OS. The number of hydrogen-bond donors (Lipinski definition) is 0. The summed E-state index contributed by atoms with van der Waals surface area (Å²) in [7, 11) is 1.75. The topological polar surface area (TPSA) is 9.23 Å². The van der Waals surface area contributed by atoms with E-state index in [9.17, 15) is 0 Å². The summed E-state index contributed by atoms with van der Waals surface area (Å²) in [6.45, 7) is 0. The molecular weight excluding hydrogens is 204 g/mol. The lowest BCUT2D eigenvalue weighted by Gasteiger charge is -2.18. The summed E-state index contributed by atoms with van der Waals surface area (Å²) in [4.78, 5) is 1.43. The molecule has 15 heavy (non-hydrogen) atoms. The van der Waals surface area contributed by atoms with Crippen LogP contribution < -0.4 is 4.74 Å². The van der Waals surface area contributed by atoms with E-state index in [4.69, 9.17) is 4.74 Å². The zero-order valence-corrected chi connectivity index (χ0v) is 9.43. The highest BCUT2D eigenvalue weighted by Gasteiger charge is 2.19. The van der Waals surface area contributed by atoms with Crippen molar-refractivity contribution in [2.45, 2.75) is 12.8 Å². The van der Waals surface area contributed by atoms with Gasteiger partial charge >= 0.3 is 0 Å². The molecule has 0 aliphatic heterocycles. The van der Waals surface area contributed by atoms with E-state index in [0.717, 1.165) is 18.6 Å². The average Bonchev–Trinajstić information content (AvgIpc) is 2.76. The quantitative estimate of drug-likeness (QED) is 0.708. The van der Waals surface area contributed by atoms with Gasteiger partial charge in [0.05, 0.1) is 7.11 Å². The van der Waals surface area contributed by atoms with Crippen LogP contribution in [0.3, 0.4) is 0 Å². The second kappa shape index (κ2) is 3.38. The Labute approximate surface area is 93.3 Å². The second-order valence-corrected chi connectivity index (χ2v) is 4.68. The van der Waals surface area contributed by atoms with Gasteiger partial charge in [-0.05, 0) is 41.5 Å². The number of methoxy groups -OCH3 is 1. The molecule has 0 fully saturated rings. The highest BCUT2D eigenvalue weighted by molar-refractivity contribution is 7.13. The van der Waals surface area contributed by atoms with Crippen LogP contribution in [0.2, 0.25) is 0 Å². The zero-order valence-electron chi connectivity index (χ0n) is 8.62. The maximum Gasteiger partial charge on any atom is 0.122 e. The molecule has 3 rings (SSSR count). The first-order valence-corrected chi connectivity index (χ1v) is 6.00. The molecule has 0 bridgehead atoms. The van der Waals surface area contributed by atoms with E-state index in [1.54, 1.807) is 7.11 Å². The normalized spacial score (nSPS) is 13.1. The summed E-state index contributed by atoms with van der Waals surface area (Å²) < 4.78 is 5.41. The molecule has 0 atom stereocenters. The van der Waals surface area contributed by atoms with E-state index in [-0.39, 0.29) is 0 Å². The first-order chi connectivity index (χ1) is 7.40. The molecule has 1 heterocycles. The van der Waals surface area contributed by atoms with Gasteiger partial charge in [-0.2, -0.15) is 0 Å². The molecule has 1 nitrogen and oxygen atoms in total. The summed E-state index contributed by atoms with van der Waals surface area (Å²) in [6, 6.07) is 8.57. The minimum Gasteiger partial charge on any atom is -0.496 e. The molecule has 2 heteroatoms. The van der Waals surface area contributed by atoms with Gasteiger partial charge in [-0.15, -0.1) is 11.3 Å². The van der Waals surface area contributed by atoms with Crippen LogP contribution in [0.1, 0.15) is 11.1 Å². The molecule has 0 saturated heterocycles. The van der Waals surface area contributed by atoms with E-state index < -0.39 is 0 Å². The Hall–Kier alpha value is -1.28. The van der Waals surface area contributed by atoms with Gasteiger partial charge in [0, 0.05) is 10.4 Å². The molecule has 1 aliphatic carbocycles. The van der Waals surface area contributed by atoms with Crippen molar-refractivity contribution in [2.75, 3.05) is 7.11 Å². The Balaban J connectivity index is 2.25. The van der Waals surface area contributed by atoms with Crippen LogP contribution >= 0.6 is 11.3 Å². The largest absolute Gasteiger partial charge is 0.496 e. The van der Waals surface area contributed by atoms with Gasteiger partial charge in [0.1, 0.15) is 5.75 Å². The van der Waals surface area contributed by atoms with Crippen molar-refractivity contribution < 1.29 is 4.74 Å². The van der Waals surface area contributed by atoms with E-state index in [2.05, 4.69) is 29.6 Å². The van der Waals surface area contributed by atoms with Crippen LogP contribution in [0, 0.1) is 0 Å². The van der Waals surface area contributed by atoms with Crippen molar-refractivity contribution in [2.24, 2.45) is 0 Å². The van der Waals surface area contributed by atoms with Crippen molar-refractivity contribution in [3.8, 4) is 16.2 Å². The van der Waals surface area contributed by atoms with Crippen molar-refractivity contribution in [1.29, 1.82) is 0 Å². The lowest BCUT2D eigenvalue weighted by molar-refractivity contribution is 0.409. The third-order valence-corrected chi connectivity index (χ3v) is 3.98. The van der Waals surface area contributed by atoms with Crippen LogP contribution in [0.5, 0.6) is 5.75 Å². The minimum absolute atomic E-state index is 1.03. The van der Waals surface area contributed by atoms with Crippen LogP contribution in [0.25, 0.3) is 10.4 Å². The monoisotopic (exact) mass is 216 g/mol. The molecule has 0 unspecified atom stereocenters. The Bertz CT molecular complexity index is 499. The fourth-order valence-electron chi connectivity index (χ4n) is 2.26. The predicted molar refractivity (Wildman–Crippen MR) is 63.7 cm³/mol. The standard InChI is InChI=1S/C13H12OS/c1-14-12-4-2-3-11-10(12)6-5-9-7-8-15-13(9)11/h2-4,7-8H,5-6H2,1H3. The highest BCUT2D eigenvalue weighted by atomic mass is 32.1. The SMILES string of the molecule is COc1cccc2c1CCc1ccsc1-2. The van der Waals surface area contributed by atoms with Crippen molar-refractivity contribution >= 4 is 11.3 Å². The number of fused-ring (bicyclic) bond motifs is 3. The lowest BCUT2D eigenvalue weighted by atomic mass is 9.91. The van der Waals surface area contributed by atoms with Gasteiger partial charge in [0.25, 0.3) is 0 Å². The van der Waals surface area contributed by atoms with Crippen molar-refractivity contribution in [3.05, 3.63) is 40.8 Å². The van der Waals surface area contributed by atoms with Gasteiger partial charge in [-0.1, -0.05) is 12.1 Å². The van der Waals surface area contributed by atoms with Crippen LogP contribution in [0.4, 0.5) is 0 Å². The molecule has 0 radical (unpaired) electrons. The third kappa shape index (κ3) is 1.29. The fraction of sp³-hybridized carbons (Fsp3) is 0.231. The Morgan fingerprint density at radius 3 is 3.00 bits per heavy atom. The first-order valence-electron chi connectivity index (χ1n) is 5.13. The summed E-state index contributed by atoms with van der Waals surface area (Å²) in [5, 5.41) is 2.18. The second-order valence-electron chi connectivity index (χ2n) is 3.76. The van der Waals surface area contributed by atoms with E-state index in [0.29, 0.717) is 0 Å².